The van der Waals surface area contributed by atoms with Crippen molar-refractivity contribution in [1.29, 1.82) is 0 Å². The predicted octanol–water partition coefficient (Wildman–Crippen LogP) is 6.11. The first kappa shape index (κ1) is 33.9. The third kappa shape index (κ3) is 8.18. The van der Waals surface area contributed by atoms with Crippen molar-refractivity contribution in [3.8, 4) is 17.2 Å². The number of imide groups is 1. The van der Waals surface area contributed by atoms with Crippen molar-refractivity contribution >= 4 is 41.0 Å². The Balaban J connectivity index is 1.22. The van der Waals surface area contributed by atoms with Gasteiger partial charge in [0.2, 0.25) is 0 Å². The van der Waals surface area contributed by atoms with Gasteiger partial charge in [0.25, 0.3) is 11.8 Å². The molecule has 11 nitrogen and oxygen atoms in total. The molecule has 0 radical (unpaired) electrons. The first-order valence-corrected chi connectivity index (χ1v) is 15.8. The van der Waals surface area contributed by atoms with E-state index in [0.29, 0.717) is 10.5 Å². The van der Waals surface area contributed by atoms with Crippen LogP contribution in [-0.4, -0.2) is 47.4 Å². The molecule has 2 aromatic carbocycles. The minimum Gasteiger partial charge on any atom is -0.619 e. The van der Waals surface area contributed by atoms with E-state index in [4.69, 9.17) is 37.4 Å². The Kier molecular flexibility index (Phi) is 10.1. The van der Waals surface area contributed by atoms with E-state index in [1.165, 1.54) is 30.3 Å². The lowest BCUT2D eigenvalue weighted by Crippen LogP contribution is -2.36. The highest BCUT2D eigenvalue weighted by molar-refractivity contribution is 6.35. The molecule has 1 fully saturated rings. The molecule has 1 aliphatic heterocycles. The number of hydrogen-bond donors (Lipinski definition) is 0. The van der Waals surface area contributed by atoms with Crippen molar-refractivity contribution in [2.24, 2.45) is 5.92 Å². The van der Waals surface area contributed by atoms with Crippen molar-refractivity contribution in [3.63, 3.8) is 0 Å². The summed E-state index contributed by atoms with van der Waals surface area (Å²) in [6, 6.07) is 12.0. The van der Waals surface area contributed by atoms with Crippen LogP contribution in [0.4, 0.5) is 8.78 Å². The summed E-state index contributed by atoms with van der Waals surface area (Å²) in [5.41, 5.74) is 1.47. The van der Waals surface area contributed by atoms with Crippen molar-refractivity contribution in [3.05, 3.63) is 116 Å². The predicted molar refractivity (Wildman–Crippen MR) is 170 cm³/mol. The molecule has 1 aliphatic carbocycles. The van der Waals surface area contributed by atoms with Gasteiger partial charge in [-0.25, -0.2) is 0 Å². The van der Waals surface area contributed by atoms with Gasteiger partial charge >= 0.3 is 12.6 Å². The lowest BCUT2D eigenvalue weighted by Gasteiger charge is -2.22. The summed E-state index contributed by atoms with van der Waals surface area (Å²) in [5.74, 6) is -2.01. The van der Waals surface area contributed by atoms with Crippen LogP contribution in [0.1, 0.15) is 56.4 Å². The molecular formula is C34H27Cl2F2N3O8. The van der Waals surface area contributed by atoms with Crippen LogP contribution in [0.5, 0.6) is 17.2 Å². The number of hydrogen-bond acceptors (Lipinski definition) is 9. The number of ether oxygens (including phenoxy) is 4. The standard InChI is InChI=1S/C34H27Cl2F2N3O8/c35-26-14-40(45)15-27(36)25(26)12-29(21-5-8-28(49-34(37)38)30(10-21)47-17-19-3-4-19)48-31(42)16-41-32(43)23-7-6-22(11-24(23)33(41)44)46-18-20-2-1-9-39-13-20/h1-2,5-11,13-15,19,29,34H,3-4,12,16-18H2/t29-/m0/s1. The Morgan fingerprint density at radius 3 is 2.45 bits per heavy atom. The van der Waals surface area contributed by atoms with E-state index in [2.05, 4.69) is 9.72 Å². The first-order chi connectivity index (χ1) is 23.5. The second-order valence-corrected chi connectivity index (χ2v) is 12.2. The molecule has 0 saturated heterocycles. The number of aromatic nitrogens is 2. The average molecular weight is 715 g/mol. The molecule has 49 heavy (non-hydrogen) atoms. The summed E-state index contributed by atoms with van der Waals surface area (Å²) in [6.07, 6.45) is 5.93. The topological polar surface area (TPSA) is 131 Å². The van der Waals surface area contributed by atoms with Gasteiger partial charge in [-0.15, -0.1) is 0 Å². The van der Waals surface area contributed by atoms with Gasteiger partial charge in [0.05, 0.1) is 17.7 Å². The molecule has 4 aromatic rings. The molecule has 2 aromatic heterocycles. The van der Waals surface area contributed by atoms with Crippen LogP contribution in [0.25, 0.3) is 0 Å². The van der Waals surface area contributed by atoms with Gasteiger partial charge in [0.1, 0.15) is 35.1 Å². The zero-order valence-corrected chi connectivity index (χ0v) is 27.0. The van der Waals surface area contributed by atoms with E-state index >= 15 is 0 Å². The summed E-state index contributed by atoms with van der Waals surface area (Å²) in [6.45, 7) is -3.42. The average Bonchev–Trinajstić information content (AvgIpc) is 3.87. The second kappa shape index (κ2) is 14.6. The molecule has 15 heteroatoms. The summed E-state index contributed by atoms with van der Waals surface area (Å²) < 4.78 is 48.7. The van der Waals surface area contributed by atoms with Crippen LogP contribution in [0.2, 0.25) is 10.0 Å². The maximum atomic E-state index is 13.4. The maximum absolute atomic E-state index is 13.4. The monoisotopic (exact) mass is 713 g/mol. The molecule has 2 amide bonds. The number of fused-ring (bicyclic) bond motifs is 1. The van der Waals surface area contributed by atoms with Crippen LogP contribution >= 0.6 is 23.2 Å². The van der Waals surface area contributed by atoms with E-state index in [1.807, 2.05) is 6.07 Å². The lowest BCUT2D eigenvalue weighted by molar-refractivity contribution is -0.605. The SMILES string of the molecule is O=C(CN1C(=O)c2ccc(OCc3cccnc3)cc2C1=O)O[C@@H](Cc1c(Cl)c[n+]([O-])cc1Cl)c1ccc(OC(F)F)c(OCC2CC2)c1. The first-order valence-electron chi connectivity index (χ1n) is 15.1. The quantitative estimate of drug-likeness (QED) is 0.0657. The van der Waals surface area contributed by atoms with Gasteiger partial charge in [-0.3, -0.25) is 24.3 Å². The number of halogens is 4. The molecule has 1 atom stereocenters. The van der Waals surface area contributed by atoms with Crippen molar-refractivity contribution in [1.82, 2.24) is 9.88 Å². The zero-order chi connectivity index (χ0) is 34.7. The molecule has 3 heterocycles. The molecule has 2 aliphatic rings. The normalized spacial score (nSPS) is 14.5. The number of pyridine rings is 2. The van der Waals surface area contributed by atoms with Crippen LogP contribution in [-0.2, 0) is 22.6 Å². The van der Waals surface area contributed by atoms with Gasteiger partial charge in [0.15, 0.2) is 23.9 Å². The van der Waals surface area contributed by atoms with Crippen molar-refractivity contribution in [2.75, 3.05) is 13.2 Å². The van der Waals surface area contributed by atoms with Gasteiger partial charge in [-0.2, -0.15) is 13.5 Å². The highest BCUT2D eigenvalue weighted by atomic mass is 35.5. The number of nitrogens with zero attached hydrogens (tertiary/aromatic N) is 3. The van der Waals surface area contributed by atoms with Gasteiger partial charge in [-0.05, 0) is 60.7 Å². The summed E-state index contributed by atoms with van der Waals surface area (Å²) in [4.78, 5) is 44.7. The summed E-state index contributed by atoms with van der Waals surface area (Å²) >= 11 is 12.6. The molecule has 6 rings (SSSR count). The number of carbonyl (C=O) groups is 3. The number of benzene rings is 2. The molecule has 0 unspecified atom stereocenters. The van der Waals surface area contributed by atoms with E-state index < -0.39 is 37.0 Å². The maximum Gasteiger partial charge on any atom is 0.387 e. The van der Waals surface area contributed by atoms with Crippen LogP contribution in [0.15, 0.2) is 73.3 Å². The number of alkyl halides is 2. The third-order valence-electron chi connectivity index (χ3n) is 7.81. The Morgan fingerprint density at radius 1 is 1.00 bits per heavy atom. The van der Waals surface area contributed by atoms with Crippen LogP contribution < -0.4 is 18.9 Å². The van der Waals surface area contributed by atoms with Crippen molar-refractivity contribution in [2.45, 2.75) is 38.6 Å². The Bertz CT molecular complexity index is 1870. The number of esters is 1. The van der Waals surface area contributed by atoms with Gasteiger partial charge < -0.3 is 24.2 Å². The molecule has 254 valence electrons. The lowest BCUT2D eigenvalue weighted by atomic mass is 10.0. The van der Waals surface area contributed by atoms with Crippen LogP contribution in [0, 0.1) is 11.1 Å². The highest BCUT2D eigenvalue weighted by Gasteiger charge is 2.38. The molecule has 1 saturated carbocycles. The second-order valence-electron chi connectivity index (χ2n) is 11.4. The van der Waals surface area contributed by atoms with Gasteiger partial charge in [-0.1, -0.05) is 35.3 Å². The Morgan fingerprint density at radius 2 is 1.76 bits per heavy atom. The fraction of sp³-hybridized carbons (Fsp3) is 0.265. The van der Waals surface area contributed by atoms with E-state index in [-0.39, 0.29) is 69.4 Å². The summed E-state index contributed by atoms with van der Waals surface area (Å²) in [7, 11) is 0. The van der Waals surface area contributed by atoms with Crippen LogP contribution in [0.3, 0.4) is 0 Å². The third-order valence-corrected chi connectivity index (χ3v) is 8.46. The number of rotatable bonds is 14. The minimum absolute atomic E-state index is 0.00435. The largest absolute Gasteiger partial charge is 0.619 e. The molecule has 0 bridgehead atoms. The van der Waals surface area contributed by atoms with E-state index in [1.54, 1.807) is 24.5 Å². The van der Waals surface area contributed by atoms with E-state index in [0.717, 1.165) is 35.7 Å². The van der Waals surface area contributed by atoms with Crippen molar-refractivity contribution < 1.29 is 46.8 Å². The molecule has 0 spiro atoms. The molecule has 0 N–H and O–H groups in total. The summed E-state index contributed by atoms with van der Waals surface area (Å²) in [5, 5.41) is 11.8. The smallest absolute Gasteiger partial charge is 0.387 e. The zero-order valence-electron chi connectivity index (χ0n) is 25.5. The number of carbonyl (C=O) groups excluding carboxylic acids is 3. The highest BCUT2D eigenvalue weighted by Crippen LogP contribution is 2.38. The fourth-order valence-corrected chi connectivity index (χ4v) is 5.74. The Hall–Kier alpha value is -5.01. The molecular weight excluding hydrogens is 687 g/mol. The number of amides is 2. The minimum atomic E-state index is -3.12. The van der Waals surface area contributed by atoms with Gasteiger partial charge in [0, 0.05) is 29.9 Å². The van der Waals surface area contributed by atoms with E-state index in [9.17, 15) is 28.4 Å². The Labute approximate surface area is 288 Å². The fourth-order valence-electron chi connectivity index (χ4n) is 5.14.